The maximum absolute atomic E-state index is 9.34. The summed E-state index contributed by atoms with van der Waals surface area (Å²) in [4.78, 5) is 15.0. The first-order chi connectivity index (χ1) is 20.0. The van der Waals surface area contributed by atoms with Gasteiger partial charge in [-0.15, -0.1) is 28.9 Å². The number of nitriles is 1. The average molecular weight is 745 g/mol. The number of hydrogen-bond acceptors (Lipinski definition) is 5. The van der Waals surface area contributed by atoms with Gasteiger partial charge >= 0.3 is 21.1 Å². The molecule has 0 amide bonds. The smallest absolute Gasteiger partial charge is 0.280 e. The predicted octanol–water partition coefficient (Wildman–Crippen LogP) is 8.41. The predicted molar refractivity (Wildman–Crippen MR) is 165 cm³/mol. The minimum atomic E-state index is -0.0951. The largest absolute Gasteiger partial charge is 2.00 e. The van der Waals surface area contributed by atoms with Crippen molar-refractivity contribution in [1.29, 1.82) is 5.26 Å². The molecule has 5 rings (SSSR count). The Balaban J connectivity index is 0.00000423. The molecule has 43 heavy (non-hydrogen) atoms. The molecule has 0 fully saturated rings. The molecule has 0 saturated carbocycles. The van der Waals surface area contributed by atoms with Crippen LogP contribution in [0, 0.1) is 30.0 Å². The second-order valence-electron chi connectivity index (χ2n) is 12.1. The second kappa shape index (κ2) is 12.3. The molecule has 216 valence electrons. The fourth-order valence-electron chi connectivity index (χ4n) is 4.47. The van der Waals surface area contributed by atoms with E-state index in [1.807, 2.05) is 29.2 Å². The molecule has 5 aromatic rings. The zero-order chi connectivity index (χ0) is 30.1. The van der Waals surface area contributed by atoms with Crippen molar-refractivity contribution in [1.82, 2.24) is 19.7 Å². The summed E-state index contributed by atoms with van der Waals surface area (Å²) in [7, 11) is 0. The number of benzene rings is 2. The first-order valence-corrected chi connectivity index (χ1v) is 13.6. The zero-order valence-corrected chi connectivity index (χ0v) is 27.2. The Labute approximate surface area is 267 Å². The van der Waals surface area contributed by atoms with Crippen molar-refractivity contribution in [2.45, 2.75) is 52.4 Å². The van der Waals surface area contributed by atoms with E-state index in [9.17, 15) is 5.26 Å². The fraction of sp³-hybridized carbons (Fsp3) is 0.229. The molecule has 2 aromatic carbocycles. The Kier molecular flexibility index (Phi) is 9.00. The van der Waals surface area contributed by atoms with Crippen LogP contribution in [0.4, 0.5) is 23.0 Å². The van der Waals surface area contributed by atoms with E-state index in [-0.39, 0.29) is 37.6 Å². The second-order valence-corrected chi connectivity index (χ2v) is 12.1. The molecule has 0 unspecified atom stereocenters. The van der Waals surface area contributed by atoms with E-state index in [1.165, 1.54) is 11.1 Å². The van der Waals surface area contributed by atoms with Gasteiger partial charge < -0.3 is 0 Å². The fourth-order valence-corrected chi connectivity index (χ4v) is 4.47. The molecular weight excluding hydrogens is 714 g/mol. The third-order valence-corrected chi connectivity index (χ3v) is 6.88. The number of rotatable bonds is 5. The molecule has 3 aromatic heterocycles. The summed E-state index contributed by atoms with van der Waals surface area (Å²) < 4.78 is 1.61. The van der Waals surface area contributed by atoms with Crippen molar-refractivity contribution < 1.29 is 21.1 Å². The van der Waals surface area contributed by atoms with Gasteiger partial charge in [0, 0.05) is 18.0 Å². The van der Waals surface area contributed by atoms with Crippen molar-refractivity contribution in [2.24, 2.45) is 0 Å². The monoisotopic (exact) mass is 744 g/mol. The molecular formula is C35H31N7Pt. The molecule has 0 radical (unpaired) electrons. The number of pyridine rings is 2. The van der Waals surface area contributed by atoms with Crippen molar-refractivity contribution in [3.8, 4) is 23.1 Å². The minimum absolute atomic E-state index is 0. The van der Waals surface area contributed by atoms with Gasteiger partial charge in [0.2, 0.25) is 0 Å². The summed E-state index contributed by atoms with van der Waals surface area (Å²) in [6, 6.07) is 31.3. The Morgan fingerprint density at radius 2 is 1.56 bits per heavy atom. The van der Waals surface area contributed by atoms with Gasteiger partial charge in [0.05, 0.1) is 24.2 Å². The molecule has 0 aliphatic rings. The molecule has 0 spiro atoms. The Hall–Kier alpha value is -4.58. The number of hydrogen-bond donors (Lipinski definition) is 0. The molecule has 7 nitrogen and oxygen atoms in total. The number of aromatic nitrogens is 4. The summed E-state index contributed by atoms with van der Waals surface area (Å²) in [5.41, 5.74) is 5.37. The topological polar surface area (TPSA) is 75.0 Å². The molecule has 0 N–H and O–H groups in total. The van der Waals surface area contributed by atoms with Crippen LogP contribution in [-0.4, -0.2) is 19.7 Å². The van der Waals surface area contributed by atoms with Crippen LogP contribution in [0.15, 0.2) is 79.0 Å². The van der Waals surface area contributed by atoms with E-state index in [0.29, 0.717) is 28.8 Å². The third kappa shape index (κ3) is 6.91. The van der Waals surface area contributed by atoms with Crippen LogP contribution < -0.4 is 4.90 Å². The molecule has 3 heterocycles. The standard InChI is InChI=1S/C35H31N7.Pt/c1-34(2,3)25-20-26(35(4,5)6)22-29(21-25)42(33-17-18-41(40-33)31-15-9-13-28(23-36)38-31)32-16-10-14-30(39-32)24-11-8-12-27(19-24)37-7;/h8-10,12-14,16-22H,1-6H3;/q-2;+2. The van der Waals surface area contributed by atoms with Crippen LogP contribution in [0.5, 0.6) is 0 Å². The summed E-state index contributed by atoms with van der Waals surface area (Å²) in [6.07, 6.45) is 1.80. The van der Waals surface area contributed by atoms with Gasteiger partial charge in [-0.2, -0.15) is 17.4 Å². The van der Waals surface area contributed by atoms with Crippen molar-refractivity contribution in [3.63, 3.8) is 0 Å². The summed E-state index contributed by atoms with van der Waals surface area (Å²) in [6.45, 7) is 20.7. The van der Waals surface area contributed by atoms with Crippen molar-refractivity contribution in [3.05, 3.63) is 119 Å². The Morgan fingerprint density at radius 1 is 0.860 bits per heavy atom. The quantitative estimate of drug-likeness (QED) is 0.169. The van der Waals surface area contributed by atoms with E-state index in [1.54, 1.807) is 41.2 Å². The average Bonchev–Trinajstić information content (AvgIpc) is 3.46. The van der Waals surface area contributed by atoms with Gasteiger partial charge in [-0.05, 0) is 45.8 Å². The van der Waals surface area contributed by atoms with Crippen LogP contribution >= 0.6 is 0 Å². The zero-order valence-electron chi connectivity index (χ0n) is 25.0. The Morgan fingerprint density at radius 3 is 2.21 bits per heavy atom. The van der Waals surface area contributed by atoms with Crippen molar-refractivity contribution in [2.75, 3.05) is 4.90 Å². The van der Waals surface area contributed by atoms with Gasteiger partial charge in [-0.25, -0.2) is 16.8 Å². The van der Waals surface area contributed by atoms with Crippen LogP contribution in [0.25, 0.3) is 21.9 Å². The normalized spacial score (nSPS) is 11.3. The molecule has 0 aliphatic heterocycles. The number of nitrogens with zero attached hydrogens (tertiary/aromatic N) is 7. The first kappa shape index (κ1) is 31.4. The van der Waals surface area contributed by atoms with Gasteiger partial charge in [-0.3, -0.25) is 19.7 Å². The van der Waals surface area contributed by atoms with E-state index < -0.39 is 0 Å². The molecule has 8 heteroatoms. The van der Waals surface area contributed by atoms with Gasteiger partial charge in [0.15, 0.2) is 5.82 Å². The summed E-state index contributed by atoms with van der Waals surface area (Å²) in [5, 5.41) is 14.2. The van der Waals surface area contributed by atoms with Gasteiger partial charge in [0.25, 0.3) is 0 Å². The summed E-state index contributed by atoms with van der Waals surface area (Å²) in [5.74, 6) is 1.71. The molecule has 0 saturated heterocycles. The molecule has 0 bridgehead atoms. The maximum Gasteiger partial charge on any atom is 2.00 e. The minimum Gasteiger partial charge on any atom is -0.280 e. The van der Waals surface area contributed by atoms with Crippen LogP contribution in [0.2, 0.25) is 0 Å². The Bertz CT molecular complexity index is 1810. The van der Waals surface area contributed by atoms with E-state index >= 15 is 0 Å². The van der Waals surface area contributed by atoms with Crippen LogP contribution in [0.3, 0.4) is 0 Å². The number of anilines is 3. The van der Waals surface area contributed by atoms with Gasteiger partial charge in [-0.1, -0.05) is 59.7 Å². The maximum atomic E-state index is 9.34. The van der Waals surface area contributed by atoms with E-state index in [0.717, 1.165) is 11.3 Å². The van der Waals surface area contributed by atoms with Crippen LogP contribution in [0.1, 0.15) is 58.4 Å². The molecule has 0 atom stereocenters. The molecule has 0 aliphatic carbocycles. The van der Waals surface area contributed by atoms with Crippen LogP contribution in [-0.2, 0) is 31.9 Å². The van der Waals surface area contributed by atoms with Gasteiger partial charge in [0.1, 0.15) is 11.5 Å². The first-order valence-electron chi connectivity index (χ1n) is 13.6. The SMILES string of the molecule is [C-]#[N+]c1cc[c-]c(-c2cccc(N(c3cc(C(C)(C)C)cc(C(C)(C)C)c3)c3ccn(-c4[c-]ccc(C#N)n4)n3)n2)c1.[Pt+2]. The van der Waals surface area contributed by atoms with Crippen molar-refractivity contribution >= 4 is 23.0 Å². The van der Waals surface area contributed by atoms with E-state index in [2.05, 4.69) is 87.8 Å². The third-order valence-electron chi connectivity index (χ3n) is 6.88. The summed E-state index contributed by atoms with van der Waals surface area (Å²) >= 11 is 0. The van der Waals surface area contributed by atoms with E-state index in [4.69, 9.17) is 16.7 Å².